The van der Waals surface area contributed by atoms with Crippen LogP contribution in [0.1, 0.15) is 31.7 Å². The molecule has 2 aliphatic rings. The van der Waals surface area contributed by atoms with Crippen LogP contribution in [0.15, 0.2) is 30.5 Å². The molecule has 126 valence electrons. The topological polar surface area (TPSA) is 74.6 Å². The molecule has 2 saturated heterocycles. The van der Waals surface area contributed by atoms with Gasteiger partial charge < -0.3 is 14.6 Å². The van der Waals surface area contributed by atoms with Gasteiger partial charge in [0.05, 0.1) is 11.6 Å². The summed E-state index contributed by atoms with van der Waals surface area (Å²) < 4.78 is 1.97. The van der Waals surface area contributed by atoms with Crippen molar-refractivity contribution in [3.8, 4) is 0 Å². The van der Waals surface area contributed by atoms with E-state index in [2.05, 4.69) is 16.3 Å². The first-order valence-corrected chi connectivity index (χ1v) is 8.50. The Morgan fingerprint density at radius 1 is 1.08 bits per heavy atom. The molecule has 6 heteroatoms. The van der Waals surface area contributed by atoms with Gasteiger partial charge in [0.15, 0.2) is 0 Å². The van der Waals surface area contributed by atoms with Gasteiger partial charge in [-0.15, -0.1) is 0 Å². The van der Waals surface area contributed by atoms with Crippen LogP contribution in [0.3, 0.4) is 0 Å². The molecule has 0 saturated carbocycles. The van der Waals surface area contributed by atoms with E-state index in [4.69, 9.17) is 0 Å². The summed E-state index contributed by atoms with van der Waals surface area (Å²) in [5.74, 6) is -0.421. The van der Waals surface area contributed by atoms with Crippen LogP contribution in [0.5, 0.6) is 0 Å². The molecule has 6 nitrogen and oxygen atoms in total. The number of carbonyl (C=O) groups is 2. The van der Waals surface area contributed by atoms with Crippen molar-refractivity contribution in [1.82, 2.24) is 9.88 Å². The van der Waals surface area contributed by atoms with Crippen molar-refractivity contribution in [2.45, 2.75) is 37.8 Å². The highest BCUT2D eigenvalue weighted by Gasteiger charge is 2.29. The number of nitrogens with one attached hydrogen (secondary N) is 1. The van der Waals surface area contributed by atoms with Gasteiger partial charge in [-0.05, 0) is 37.5 Å². The number of anilines is 1. The Morgan fingerprint density at radius 2 is 1.88 bits per heavy atom. The van der Waals surface area contributed by atoms with Crippen LogP contribution in [0.4, 0.5) is 5.69 Å². The molecular weight excluding hydrogens is 306 g/mol. The number of aliphatic hydroxyl groups excluding tert-OH is 1. The molecule has 0 aliphatic carbocycles. The fraction of sp³-hybridized carbons (Fsp3) is 0.444. The molecule has 2 aromatic rings. The van der Waals surface area contributed by atoms with Crippen molar-refractivity contribution in [2.24, 2.45) is 0 Å². The van der Waals surface area contributed by atoms with E-state index >= 15 is 0 Å². The zero-order valence-electron chi connectivity index (χ0n) is 13.4. The van der Waals surface area contributed by atoms with Crippen LogP contribution in [0.25, 0.3) is 10.9 Å². The molecule has 2 amide bonds. The number of hydrogen-bond acceptors (Lipinski definition) is 4. The number of fused-ring (bicyclic) bond motifs is 1. The number of carbonyl (C=O) groups excluding carboxylic acids is 2. The van der Waals surface area contributed by atoms with Crippen molar-refractivity contribution in [1.29, 1.82) is 0 Å². The number of amides is 2. The van der Waals surface area contributed by atoms with Gasteiger partial charge in [0, 0.05) is 36.8 Å². The van der Waals surface area contributed by atoms with Gasteiger partial charge in [0.2, 0.25) is 11.8 Å². The number of piperidine rings is 2. The van der Waals surface area contributed by atoms with Gasteiger partial charge in [0.1, 0.15) is 6.04 Å². The molecule has 1 aromatic heterocycles. The fourth-order valence-corrected chi connectivity index (χ4v) is 3.77. The predicted octanol–water partition coefficient (Wildman–Crippen LogP) is 1.58. The molecule has 4 rings (SSSR count). The summed E-state index contributed by atoms with van der Waals surface area (Å²) in [6, 6.07) is 7.82. The van der Waals surface area contributed by atoms with E-state index in [-0.39, 0.29) is 24.0 Å². The molecule has 0 bridgehead atoms. The lowest BCUT2D eigenvalue weighted by Crippen LogP contribution is -2.41. The zero-order valence-corrected chi connectivity index (χ0v) is 13.4. The van der Waals surface area contributed by atoms with Crippen LogP contribution in [0, 0.1) is 0 Å². The Kier molecular flexibility index (Phi) is 3.76. The van der Waals surface area contributed by atoms with E-state index in [9.17, 15) is 14.7 Å². The fourth-order valence-electron chi connectivity index (χ4n) is 3.77. The molecule has 0 unspecified atom stereocenters. The van der Waals surface area contributed by atoms with E-state index in [0.717, 1.165) is 42.5 Å². The molecule has 24 heavy (non-hydrogen) atoms. The predicted molar refractivity (Wildman–Crippen MR) is 90.8 cm³/mol. The molecule has 2 aliphatic heterocycles. The first kappa shape index (κ1) is 15.2. The Bertz CT molecular complexity index is 790. The number of rotatable bonds is 2. The number of aliphatic hydroxyl groups is 1. The van der Waals surface area contributed by atoms with Crippen molar-refractivity contribution >= 4 is 28.4 Å². The molecular formula is C18H21N3O3. The SMILES string of the molecule is O=C1CC[C@@H](n2ccc3c(N4CCC(O)CC4)cccc32)C(=O)N1. The summed E-state index contributed by atoms with van der Waals surface area (Å²) in [5.41, 5.74) is 2.15. The monoisotopic (exact) mass is 327 g/mol. The van der Waals surface area contributed by atoms with E-state index in [1.165, 1.54) is 0 Å². The largest absolute Gasteiger partial charge is 0.393 e. The number of hydrogen-bond donors (Lipinski definition) is 2. The Morgan fingerprint density at radius 3 is 2.62 bits per heavy atom. The lowest BCUT2D eigenvalue weighted by atomic mass is 10.0. The Hall–Kier alpha value is -2.34. The van der Waals surface area contributed by atoms with E-state index in [0.29, 0.717) is 12.8 Å². The third kappa shape index (κ3) is 2.57. The molecule has 1 atom stereocenters. The summed E-state index contributed by atoms with van der Waals surface area (Å²) in [6.45, 7) is 1.67. The van der Waals surface area contributed by atoms with E-state index in [1.54, 1.807) is 0 Å². The second kappa shape index (κ2) is 5.94. The van der Waals surface area contributed by atoms with Gasteiger partial charge in [-0.3, -0.25) is 14.9 Å². The van der Waals surface area contributed by atoms with Crippen LogP contribution in [0.2, 0.25) is 0 Å². The summed E-state index contributed by atoms with van der Waals surface area (Å²) in [6.07, 6.45) is 4.21. The van der Waals surface area contributed by atoms with Crippen LogP contribution < -0.4 is 10.2 Å². The molecule has 3 heterocycles. The van der Waals surface area contributed by atoms with Gasteiger partial charge in [-0.1, -0.05) is 6.07 Å². The average Bonchev–Trinajstić information content (AvgIpc) is 3.00. The Labute approximate surface area is 140 Å². The van der Waals surface area contributed by atoms with Gasteiger partial charge in [-0.25, -0.2) is 0 Å². The third-order valence-electron chi connectivity index (χ3n) is 5.09. The maximum Gasteiger partial charge on any atom is 0.249 e. The van der Waals surface area contributed by atoms with E-state index in [1.807, 2.05) is 29.0 Å². The highest BCUT2D eigenvalue weighted by Crippen LogP contribution is 2.32. The number of aromatic nitrogens is 1. The van der Waals surface area contributed by atoms with Crippen molar-refractivity contribution in [3.63, 3.8) is 0 Å². The van der Waals surface area contributed by atoms with Crippen molar-refractivity contribution in [2.75, 3.05) is 18.0 Å². The highest BCUT2D eigenvalue weighted by atomic mass is 16.3. The summed E-state index contributed by atoms with van der Waals surface area (Å²) >= 11 is 0. The molecule has 0 radical (unpaired) electrons. The smallest absolute Gasteiger partial charge is 0.249 e. The van der Waals surface area contributed by atoms with Gasteiger partial charge in [-0.2, -0.15) is 0 Å². The van der Waals surface area contributed by atoms with Crippen molar-refractivity contribution < 1.29 is 14.7 Å². The van der Waals surface area contributed by atoms with E-state index < -0.39 is 0 Å². The van der Waals surface area contributed by atoms with Crippen LogP contribution in [-0.4, -0.2) is 40.7 Å². The lowest BCUT2D eigenvalue weighted by Gasteiger charge is -2.32. The maximum absolute atomic E-state index is 12.2. The number of nitrogens with zero attached hydrogens (tertiary/aromatic N) is 2. The third-order valence-corrected chi connectivity index (χ3v) is 5.09. The minimum absolute atomic E-state index is 0.194. The maximum atomic E-state index is 12.2. The minimum Gasteiger partial charge on any atom is -0.393 e. The van der Waals surface area contributed by atoms with Crippen LogP contribution >= 0.6 is 0 Å². The average molecular weight is 327 g/mol. The number of benzene rings is 1. The zero-order chi connectivity index (χ0) is 16.7. The molecule has 2 fully saturated rings. The second-order valence-corrected chi connectivity index (χ2v) is 6.62. The quantitative estimate of drug-likeness (QED) is 0.821. The normalized spacial score (nSPS) is 22.9. The van der Waals surface area contributed by atoms with Crippen LogP contribution in [-0.2, 0) is 9.59 Å². The Balaban J connectivity index is 1.69. The lowest BCUT2D eigenvalue weighted by molar-refractivity contribution is -0.135. The second-order valence-electron chi connectivity index (χ2n) is 6.62. The molecule has 2 N–H and O–H groups in total. The molecule has 0 spiro atoms. The first-order chi connectivity index (χ1) is 11.6. The summed E-state index contributed by atoms with van der Waals surface area (Å²) in [7, 11) is 0. The summed E-state index contributed by atoms with van der Waals surface area (Å²) in [5, 5.41) is 13.2. The summed E-state index contributed by atoms with van der Waals surface area (Å²) in [4.78, 5) is 25.8. The minimum atomic E-state index is -0.335. The highest BCUT2D eigenvalue weighted by molar-refractivity contribution is 6.01. The van der Waals surface area contributed by atoms with Crippen molar-refractivity contribution in [3.05, 3.63) is 30.5 Å². The van der Waals surface area contributed by atoms with Gasteiger partial charge in [0.25, 0.3) is 0 Å². The standard InChI is InChI=1S/C18H21N3O3/c22-12-6-9-20(10-7-12)14-2-1-3-15-13(14)8-11-21(15)16-4-5-17(23)19-18(16)24/h1-3,8,11-12,16,22H,4-7,9-10H2,(H,19,23,24)/t16-/m1/s1. The first-order valence-electron chi connectivity index (χ1n) is 8.50. The van der Waals surface area contributed by atoms with Gasteiger partial charge >= 0.3 is 0 Å². The molecule has 1 aromatic carbocycles. The number of imide groups is 1.